The van der Waals surface area contributed by atoms with Gasteiger partial charge < -0.3 is 15.2 Å². The first kappa shape index (κ1) is 16.0. The zero-order valence-electron chi connectivity index (χ0n) is 11.4. The molecule has 1 aromatic rings. The SMILES string of the molecule is CC(C)(C)OCC(O)CNc1ccc(Br)cc1C#N. The van der Waals surface area contributed by atoms with Gasteiger partial charge in [-0.1, -0.05) is 15.9 Å². The van der Waals surface area contributed by atoms with E-state index < -0.39 is 6.10 Å². The van der Waals surface area contributed by atoms with Gasteiger partial charge in [0.1, 0.15) is 6.07 Å². The molecule has 1 rings (SSSR count). The van der Waals surface area contributed by atoms with Gasteiger partial charge in [-0.15, -0.1) is 0 Å². The van der Waals surface area contributed by atoms with Crippen molar-refractivity contribution in [2.75, 3.05) is 18.5 Å². The monoisotopic (exact) mass is 326 g/mol. The molecule has 0 aliphatic heterocycles. The maximum Gasteiger partial charge on any atom is 0.101 e. The van der Waals surface area contributed by atoms with Crippen LogP contribution in [-0.2, 0) is 4.74 Å². The number of ether oxygens (including phenoxy) is 1. The van der Waals surface area contributed by atoms with Crippen LogP contribution in [0.4, 0.5) is 5.69 Å². The molecule has 5 heteroatoms. The summed E-state index contributed by atoms with van der Waals surface area (Å²) < 4.78 is 6.35. The largest absolute Gasteiger partial charge is 0.389 e. The predicted molar refractivity (Wildman–Crippen MR) is 79.1 cm³/mol. The smallest absolute Gasteiger partial charge is 0.101 e. The molecule has 0 fully saturated rings. The summed E-state index contributed by atoms with van der Waals surface area (Å²) >= 11 is 3.32. The fourth-order valence-electron chi connectivity index (χ4n) is 1.40. The zero-order chi connectivity index (χ0) is 14.5. The number of nitrogens with zero attached hydrogens (tertiary/aromatic N) is 1. The second kappa shape index (κ2) is 6.90. The van der Waals surface area contributed by atoms with Crippen molar-refractivity contribution in [3.8, 4) is 6.07 Å². The van der Waals surface area contributed by atoms with Crippen LogP contribution in [0.15, 0.2) is 22.7 Å². The molecule has 0 spiro atoms. The van der Waals surface area contributed by atoms with E-state index >= 15 is 0 Å². The molecular formula is C14H19BrN2O2. The van der Waals surface area contributed by atoms with Gasteiger partial charge in [-0.3, -0.25) is 0 Å². The highest BCUT2D eigenvalue weighted by Gasteiger charge is 2.13. The Kier molecular flexibility index (Phi) is 5.80. The fraction of sp³-hybridized carbons (Fsp3) is 0.500. The number of aliphatic hydroxyl groups excluding tert-OH is 1. The highest BCUT2D eigenvalue weighted by molar-refractivity contribution is 9.10. The van der Waals surface area contributed by atoms with E-state index in [2.05, 4.69) is 27.3 Å². The Morgan fingerprint density at radius 1 is 1.47 bits per heavy atom. The molecule has 0 bridgehead atoms. The number of aliphatic hydroxyl groups is 1. The summed E-state index contributed by atoms with van der Waals surface area (Å²) in [6.45, 7) is 6.42. The van der Waals surface area contributed by atoms with Gasteiger partial charge in [0.05, 0.1) is 29.6 Å². The van der Waals surface area contributed by atoms with Gasteiger partial charge in [-0.2, -0.15) is 5.26 Å². The molecule has 1 atom stereocenters. The molecule has 0 saturated carbocycles. The summed E-state index contributed by atoms with van der Waals surface area (Å²) in [6, 6.07) is 7.50. The lowest BCUT2D eigenvalue weighted by Crippen LogP contribution is -2.30. The number of nitriles is 1. The third-order valence-electron chi connectivity index (χ3n) is 2.34. The number of hydrogen-bond acceptors (Lipinski definition) is 4. The van der Waals surface area contributed by atoms with Crippen LogP contribution in [0, 0.1) is 11.3 Å². The molecule has 2 N–H and O–H groups in total. The quantitative estimate of drug-likeness (QED) is 0.873. The van der Waals surface area contributed by atoms with E-state index in [1.54, 1.807) is 12.1 Å². The van der Waals surface area contributed by atoms with Crippen LogP contribution in [0.2, 0.25) is 0 Å². The van der Waals surface area contributed by atoms with Crippen LogP contribution in [-0.4, -0.2) is 30.0 Å². The van der Waals surface area contributed by atoms with Crippen LogP contribution in [0.5, 0.6) is 0 Å². The molecule has 0 aromatic heterocycles. The Balaban J connectivity index is 2.51. The van der Waals surface area contributed by atoms with E-state index in [-0.39, 0.29) is 12.2 Å². The van der Waals surface area contributed by atoms with Crippen LogP contribution >= 0.6 is 15.9 Å². The second-order valence-electron chi connectivity index (χ2n) is 5.26. The first-order valence-corrected chi connectivity index (χ1v) is 6.86. The molecule has 0 saturated heterocycles. The van der Waals surface area contributed by atoms with Gasteiger partial charge in [0, 0.05) is 11.0 Å². The normalized spacial score (nSPS) is 12.8. The molecule has 104 valence electrons. The minimum absolute atomic E-state index is 0.259. The predicted octanol–water partition coefficient (Wildman–Crippen LogP) is 2.91. The molecule has 1 aromatic carbocycles. The van der Waals surface area contributed by atoms with Crippen LogP contribution < -0.4 is 5.32 Å². The molecule has 4 nitrogen and oxygen atoms in total. The fourth-order valence-corrected chi connectivity index (χ4v) is 1.76. The lowest BCUT2D eigenvalue weighted by molar-refractivity contribution is -0.0449. The molecule has 0 radical (unpaired) electrons. The number of anilines is 1. The van der Waals surface area contributed by atoms with E-state index in [1.165, 1.54) is 0 Å². The standard InChI is InChI=1S/C14H19BrN2O2/c1-14(2,3)19-9-12(18)8-17-13-5-4-11(15)6-10(13)7-16/h4-6,12,17-18H,8-9H2,1-3H3. The van der Waals surface area contributed by atoms with Crippen LogP contribution in [0.1, 0.15) is 26.3 Å². The van der Waals surface area contributed by atoms with Gasteiger partial charge in [-0.05, 0) is 39.0 Å². The van der Waals surface area contributed by atoms with E-state index in [4.69, 9.17) is 10.00 Å². The van der Waals surface area contributed by atoms with Crippen molar-refractivity contribution in [2.24, 2.45) is 0 Å². The molecule has 0 heterocycles. The van der Waals surface area contributed by atoms with Gasteiger partial charge in [0.15, 0.2) is 0 Å². The Bertz CT molecular complexity index is 463. The zero-order valence-corrected chi connectivity index (χ0v) is 13.0. The Hall–Kier alpha value is -1.09. The van der Waals surface area contributed by atoms with Crippen LogP contribution in [0.3, 0.4) is 0 Å². The van der Waals surface area contributed by atoms with Gasteiger partial charge in [-0.25, -0.2) is 0 Å². The average molecular weight is 327 g/mol. The Morgan fingerprint density at radius 2 is 2.16 bits per heavy atom. The van der Waals surface area contributed by atoms with Gasteiger partial charge in [0.2, 0.25) is 0 Å². The molecule has 19 heavy (non-hydrogen) atoms. The number of nitrogens with one attached hydrogen (secondary N) is 1. The number of benzene rings is 1. The summed E-state index contributed by atoms with van der Waals surface area (Å²) in [5.41, 5.74) is 0.981. The lowest BCUT2D eigenvalue weighted by atomic mass is 10.2. The van der Waals surface area contributed by atoms with Crippen molar-refractivity contribution < 1.29 is 9.84 Å². The van der Waals surface area contributed by atoms with Gasteiger partial charge >= 0.3 is 0 Å². The Labute approximate surface area is 122 Å². The third-order valence-corrected chi connectivity index (χ3v) is 2.83. The Morgan fingerprint density at radius 3 is 2.74 bits per heavy atom. The van der Waals surface area contributed by atoms with Crippen molar-refractivity contribution in [3.05, 3.63) is 28.2 Å². The molecule has 1 unspecified atom stereocenters. The second-order valence-corrected chi connectivity index (χ2v) is 6.18. The minimum Gasteiger partial charge on any atom is -0.389 e. The first-order valence-electron chi connectivity index (χ1n) is 6.07. The van der Waals surface area contributed by atoms with Gasteiger partial charge in [0.25, 0.3) is 0 Å². The molecule has 0 aliphatic carbocycles. The molecule has 0 aliphatic rings. The van der Waals surface area contributed by atoms with Crippen molar-refractivity contribution in [1.82, 2.24) is 0 Å². The van der Waals surface area contributed by atoms with E-state index in [9.17, 15) is 5.11 Å². The summed E-state index contributed by atoms with van der Waals surface area (Å²) in [4.78, 5) is 0. The van der Waals surface area contributed by atoms with E-state index in [0.717, 1.165) is 4.47 Å². The lowest BCUT2D eigenvalue weighted by Gasteiger charge is -2.22. The summed E-state index contributed by atoms with van der Waals surface area (Å²) in [6.07, 6.45) is -0.616. The number of halogens is 1. The van der Waals surface area contributed by atoms with Crippen molar-refractivity contribution in [3.63, 3.8) is 0 Å². The van der Waals surface area contributed by atoms with Crippen molar-refractivity contribution >= 4 is 21.6 Å². The highest BCUT2D eigenvalue weighted by atomic mass is 79.9. The van der Waals surface area contributed by atoms with Crippen LogP contribution in [0.25, 0.3) is 0 Å². The van der Waals surface area contributed by atoms with Crippen molar-refractivity contribution in [2.45, 2.75) is 32.5 Å². The van der Waals surface area contributed by atoms with E-state index in [1.807, 2.05) is 26.8 Å². The van der Waals surface area contributed by atoms with E-state index in [0.29, 0.717) is 17.8 Å². The highest BCUT2D eigenvalue weighted by Crippen LogP contribution is 2.20. The third kappa shape index (κ3) is 6.06. The minimum atomic E-state index is -0.616. The average Bonchev–Trinajstić information content (AvgIpc) is 2.33. The summed E-state index contributed by atoms with van der Waals surface area (Å²) in [7, 11) is 0. The first-order chi connectivity index (χ1) is 8.81. The maximum absolute atomic E-state index is 9.81. The summed E-state index contributed by atoms with van der Waals surface area (Å²) in [5.74, 6) is 0. The summed E-state index contributed by atoms with van der Waals surface area (Å²) in [5, 5.41) is 21.9. The maximum atomic E-state index is 9.81. The topological polar surface area (TPSA) is 65.3 Å². The number of rotatable bonds is 5. The number of hydrogen-bond donors (Lipinski definition) is 2. The molecular weight excluding hydrogens is 308 g/mol. The molecule has 0 amide bonds. The van der Waals surface area contributed by atoms with Crippen molar-refractivity contribution in [1.29, 1.82) is 5.26 Å².